The Morgan fingerprint density at radius 2 is 0.893 bits per heavy atom. The van der Waals surface area contributed by atoms with E-state index in [2.05, 4.69) is 0 Å². The van der Waals surface area contributed by atoms with Crippen LogP contribution in [0.3, 0.4) is 0 Å². The van der Waals surface area contributed by atoms with Crippen LogP contribution in [0.5, 0.6) is 0 Å². The van der Waals surface area contributed by atoms with Crippen LogP contribution in [0.1, 0.15) is 5.56 Å². The van der Waals surface area contributed by atoms with Crippen molar-refractivity contribution >= 4 is 27.4 Å². The summed E-state index contributed by atoms with van der Waals surface area (Å²) >= 11 is -3.97. The van der Waals surface area contributed by atoms with Gasteiger partial charge >= 0.3 is 14.1 Å². The minimum atomic E-state index is -3.97. The van der Waals surface area contributed by atoms with Gasteiger partial charge in [-0.1, -0.05) is 10.5 Å². The molecule has 0 aromatic heterocycles. The average molecular weight is 416 g/mol. The van der Waals surface area contributed by atoms with Crippen LogP contribution in [0.2, 0.25) is 0 Å². The van der Waals surface area contributed by atoms with Crippen molar-refractivity contribution < 1.29 is 35.1 Å². The second kappa shape index (κ2) is 7.57. The Bertz CT molecular complexity index is 976. The molecule has 0 atom stereocenters. The van der Waals surface area contributed by atoms with Crippen molar-refractivity contribution in [3.05, 3.63) is 88.5 Å². The number of halogens is 8. The first kappa shape index (κ1) is 20.4. The first-order valence-corrected chi connectivity index (χ1v) is 9.57. The summed E-state index contributed by atoms with van der Waals surface area (Å²) in [6.07, 6.45) is 0. The molecule has 0 bridgehead atoms. The number of rotatable bonds is 3. The maximum absolute atomic E-state index is 14.5. The zero-order chi connectivity index (χ0) is 20.7. The highest BCUT2D eigenvalue weighted by Crippen LogP contribution is 2.14. The fourth-order valence-corrected chi connectivity index (χ4v) is 6.14. The van der Waals surface area contributed by atoms with E-state index in [1.54, 1.807) is 0 Å². The zero-order valence-electron chi connectivity index (χ0n) is 14.1. The van der Waals surface area contributed by atoms with Crippen LogP contribution in [-0.2, 0) is 0 Å². The van der Waals surface area contributed by atoms with E-state index in [1.165, 1.54) is 6.92 Å². The molecule has 0 aliphatic carbocycles. The minimum absolute atomic E-state index is 0.139. The molecule has 0 radical (unpaired) electrons. The Balaban J connectivity index is 2.42. The first-order chi connectivity index (χ1) is 13.1. The normalized spacial score (nSPS) is 11.0. The monoisotopic (exact) mass is 416 g/mol. The predicted molar refractivity (Wildman–Crippen MR) is 88.4 cm³/mol. The Kier molecular flexibility index (Phi) is 5.51. The van der Waals surface area contributed by atoms with Crippen molar-refractivity contribution in [1.29, 1.82) is 0 Å². The number of benzene rings is 3. The Labute approximate surface area is 158 Å². The van der Waals surface area contributed by atoms with E-state index in [0.717, 1.165) is 6.07 Å². The minimum Gasteiger partial charge on any atom is -0.208 e. The van der Waals surface area contributed by atoms with Gasteiger partial charge in [0.2, 0.25) is 0 Å². The fraction of sp³-hybridized carbons (Fsp3) is 0.0526. The molecule has 0 aliphatic rings. The SMILES string of the molecule is Cc1c[c]([Al]([c]2c(F)cc(F)cc2F)[c]2c(F)cc(F)cc2F)c(F)cc1F. The summed E-state index contributed by atoms with van der Waals surface area (Å²) in [4.78, 5) is 0. The highest BCUT2D eigenvalue weighted by atomic mass is 27.2. The average Bonchev–Trinajstić information content (AvgIpc) is 2.55. The van der Waals surface area contributed by atoms with Crippen LogP contribution in [0.25, 0.3) is 0 Å². The molecule has 3 aromatic rings. The molecule has 0 aliphatic heterocycles. The van der Waals surface area contributed by atoms with Gasteiger partial charge in [0.1, 0.15) is 46.5 Å². The lowest BCUT2D eigenvalue weighted by Gasteiger charge is -2.18. The van der Waals surface area contributed by atoms with Gasteiger partial charge in [-0.2, -0.15) is 0 Å². The van der Waals surface area contributed by atoms with Gasteiger partial charge in [0, 0.05) is 30.3 Å². The lowest BCUT2D eigenvalue weighted by molar-refractivity contribution is 0.550. The predicted octanol–water partition coefficient (Wildman–Crippen LogP) is 3.62. The molecule has 144 valence electrons. The van der Waals surface area contributed by atoms with E-state index < -0.39 is 74.0 Å². The van der Waals surface area contributed by atoms with Crippen LogP contribution in [0.15, 0.2) is 36.4 Å². The molecule has 0 amide bonds. The summed E-state index contributed by atoms with van der Waals surface area (Å²) in [5, 5.41) is 0. The molecule has 3 rings (SSSR count). The Hall–Kier alpha value is -2.37. The molecule has 0 N–H and O–H groups in total. The molecule has 0 spiro atoms. The lowest BCUT2D eigenvalue weighted by atomic mass is 10.2. The van der Waals surface area contributed by atoms with Crippen molar-refractivity contribution in [1.82, 2.24) is 0 Å². The third-order valence-electron chi connectivity index (χ3n) is 4.25. The summed E-state index contributed by atoms with van der Waals surface area (Å²) in [6, 6.07) is 2.44. The van der Waals surface area contributed by atoms with Crippen LogP contribution in [-0.4, -0.2) is 14.1 Å². The topological polar surface area (TPSA) is 0 Å². The van der Waals surface area contributed by atoms with Crippen molar-refractivity contribution in [3.63, 3.8) is 0 Å². The molecular weight excluding hydrogens is 407 g/mol. The summed E-state index contributed by atoms with van der Waals surface area (Å²) in [5.41, 5.74) is -0.139. The molecule has 28 heavy (non-hydrogen) atoms. The molecule has 0 saturated carbocycles. The zero-order valence-corrected chi connectivity index (χ0v) is 15.2. The van der Waals surface area contributed by atoms with Gasteiger partial charge in [0.15, 0.2) is 0 Å². The van der Waals surface area contributed by atoms with Crippen molar-refractivity contribution in [3.8, 4) is 0 Å². The standard InChI is InChI=1S/C7H5F2.2C6H2F3.Al/c1-5-2-3-6(8)4-7(5)9;2*7-4-1-5(8)3-6(9)2-4;/h2,4H,1H3;2*1-2H;. The van der Waals surface area contributed by atoms with Crippen LogP contribution in [0, 0.1) is 53.5 Å². The van der Waals surface area contributed by atoms with E-state index >= 15 is 0 Å². The summed E-state index contributed by atoms with van der Waals surface area (Å²) in [5.74, 6) is -10.8. The summed E-state index contributed by atoms with van der Waals surface area (Å²) < 4.78 is 110. The fourth-order valence-electron chi connectivity index (χ4n) is 3.01. The van der Waals surface area contributed by atoms with E-state index in [0.29, 0.717) is 6.07 Å². The molecule has 0 heterocycles. The third-order valence-corrected chi connectivity index (χ3v) is 7.58. The van der Waals surface area contributed by atoms with Crippen LogP contribution < -0.4 is 13.3 Å². The van der Waals surface area contributed by atoms with Gasteiger partial charge in [-0.15, -0.1) is 0 Å². The molecule has 0 saturated heterocycles. The van der Waals surface area contributed by atoms with Gasteiger partial charge in [-0.3, -0.25) is 0 Å². The van der Waals surface area contributed by atoms with Crippen molar-refractivity contribution in [2.75, 3.05) is 0 Å². The van der Waals surface area contributed by atoms with E-state index in [9.17, 15) is 35.1 Å². The Morgan fingerprint density at radius 1 is 0.500 bits per heavy atom. The maximum Gasteiger partial charge on any atom is 0.407 e. The molecule has 3 aromatic carbocycles. The highest BCUT2D eigenvalue weighted by molar-refractivity contribution is 6.95. The molecule has 0 nitrogen and oxygen atoms in total. The van der Waals surface area contributed by atoms with Crippen molar-refractivity contribution in [2.45, 2.75) is 6.92 Å². The smallest absolute Gasteiger partial charge is 0.208 e. The quantitative estimate of drug-likeness (QED) is 0.452. The molecule has 9 heteroatoms. The summed E-state index contributed by atoms with van der Waals surface area (Å²) in [6.45, 7) is 1.22. The largest absolute Gasteiger partial charge is 0.407 e. The van der Waals surface area contributed by atoms with Gasteiger partial charge in [-0.25, -0.2) is 35.1 Å². The van der Waals surface area contributed by atoms with Gasteiger partial charge in [-0.05, 0) is 21.3 Å². The number of aryl methyl sites for hydroxylation is 1. The molecule has 0 unspecified atom stereocenters. The van der Waals surface area contributed by atoms with Crippen LogP contribution in [0.4, 0.5) is 35.1 Å². The van der Waals surface area contributed by atoms with Gasteiger partial charge in [0.25, 0.3) is 0 Å². The molecular formula is C19H9AlF8. The van der Waals surface area contributed by atoms with Gasteiger partial charge in [0.05, 0.1) is 0 Å². The van der Waals surface area contributed by atoms with E-state index in [4.69, 9.17) is 0 Å². The summed E-state index contributed by atoms with van der Waals surface area (Å²) in [7, 11) is 0. The molecule has 0 fully saturated rings. The number of hydrogen-bond donors (Lipinski definition) is 0. The highest BCUT2D eigenvalue weighted by Gasteiger charge is 2.38. The third kappa shape index (κ3) is 3.64. The first-order valence-electron chi connectivity index (χ1n) is 7.84. The second-order valence-electron chi connectivity index (χ2n) is 6.12. The second-order valence-corrected chi connectivity index (χ2v) is 8.76. The van der Waals surface area contributed by atoms with Crippen molar-refractivity contribution in [2.24, 2.45) is 0 Å². The Morgan fingerprint density at radius 3 is 1.29 bits per heavy atom. The van der Waals surface area contributed by atoms with Crippen LogP contribution >= 0.6 is 0 Å². The van der Waals surface area contributed by atoms with Gasteiger partial charge < -0.3 is 0 Å². The maximum atomic E-state index is 14.5. The van der Waals surface area contributed by atoms with E-state index in [1.807, 2.05) is 0 Å². The van der Waals surface area contributed by atoms with E-state index in [-0.39, 0.29) is 29.8 Å². The lowest BCUT2D eigenvalue weighted by Crippen LogP contribution is -2.58. The number of hydrogen-bond acceptors (Lipinski definition) is 0.